The number of benzene rings is 3. The van der Waals surface area contributed by atoms with Gasteiger partial charge in [-0.3, -0.25) is 10.1 Å². The second-order valence-corrected chi connectivity index (χ2v) is 13.2. The molecular weight excluding hydrogens is 618 g/mol. The van der Waals surface area contributed by atoms with Crippen molar-refractivity contribution in [2.75, 3.05) is 37.1 Å². The van der Waals surface area contributed by atoms with Gasteiger partial charge in [-0.2, -0.15) is 0 Å². The van der Waals surface area contributed by atoms with Crippen LogP contribution in [0.5, 0.6) is 5.75 Å². The molecule has 1 aromatic heterocycles. The Morgan fingerprint density at radius 2 is 1.84 bits per heavy atom. The van der Waals surface area contributed by atoms with Crippen LogP contribution in [0.4, 0.5) is 22.0 Å². The normalized spacial score (nSPS) is 17.3. The molecule has 0 saturated heterocycles. The summed E-state index contributed by atoms with van der Waals surface area (Å²) in [7, 11) is -0.407. The molecule has 2 heterocycles. The molecule has 4 N–H and O–H groups in total. The van der Waals surface area contributed by atoms with Crippen LogP contribution in [0.3, 0.4) is 0 Å². The average molecular weight is 652 g/mol. The molecule has 0 spiro atoms. The van der Waals surface area contributed by atoms with E-state index in [0.717, 1.165) is 16.3 Å². The molecule has 13 heteroatoms. The summed E-state index contributed by atoms with van der Waals surface area (Å²) in [5.41, 5.74) is 8.92. The Morgan fingerprint density at radius 3 is 2.60 bits per heavy atom. The van der Waals surface area contributed by atoms with Gasteiger partial charge in [0.1, 0.15) is 17.6 Å². The molecule has 1 fully saturated rings. The third kappa shape index (κ3) is 6.62. The van der Waals surface area contributed by atoms with Gasteiger partial charge in [-0.05, 0) is 89.5 Å². The number of amides is 2. The number of hydrogen-bond donors (Lipinski definition) is 3. The number of cyclic esters (lactones) is 1. The van der Waals surface area contributed by atoms with Crippen LogP contribution in [-0.2, 0) is 32.3 Å². The Labute approximate surface area is 267 Å². The predicted octanol–water partition coefficient (Wildman–Crippen LogP) is 5.10. The second kappa shape index (κ2) is 12.8. The van der Waals surface area contributed by atoms with Crippen LogP contribution < -0.4 is 21.1 Å². The number of nitrogens with zero attached hydrogens (tertiary/aromatic N) is 2. The highest BCUT2D eigenvalue weighted by molar-refractivity contribution is 7.92. The molecule has 236 valence electrons. The third-order valence-electron chi connectivity index (χ3n) is 7.96. The summed E-state index contributed by atoms with van der Waals surface area (Å²) < 4.78 is 37.7. The number of nitrogens with one attached hydrogen (secondary N) is 2. The first kappa shape index (κ1) is 31.9. The lowest BCUT2D eigenvalue weighted by Gasteiger charge is -2.27. The number of methoxy groups -OCH3 is 1. The highest BCUT2D eigenvalue weighted by atomic mass is 35.5. The monoisotopic (exact) mass is 651 g/mol. The second-order valence-electron chi connectivity index (χ2n) is 11.1. The number of nitrogens with two attached hydrogens (primary N) is 1. The van der Waals surface area contributed by atoms with Crippen LogP contribution in [0.15, 0.2) is 71.8 Å². The maximum absolute atomic E-state index is 14.3. The van der Waals surface area contributed by atoms with E-state index in [-0.39, 0.29) is 36.4 Å². The van der Waals surface area contributed by atoms with Gasteiger partial charge in [0.05, 0.1) is 23.9 Å². The van der Waals surface area contributed by atoms with Gasteiger partial charge in [0.15, 0.2) is 9.84 Å². The molecule has 1 aliphatic heterocycles. The molecule has 11 nitrogen and oxygen atoms in total. The lowest BCUT2D eigenvalue weighted by Crippen LogP contribution is -2.35. The number of anilines is 3. The fraction of sp³-hybridized carbons (Fsp3) is 0.281. The van der Waals surface area contributed by atoms with E-state index in [9.17, 15) is 18.0 Å². The van der Waals surface area contributed by atoms with Crippen molar-refractivity contribution >= 4 is 62.2 Å². The SMILES string of the molecule is COc1ccc2cc1CCOC(=O)Nc1ccc(S(=O)(=O)C3CC3)c(c1)CN(C)C(=O)[C@@H]2Nc1ccc2c(N)nccc2c1.Cl. The van der Waals surface area contributed by atoms with E-state index < -0.39 is 27.2 Å². The number of fused-ring (bicyclic) bond motifs is 5. The molecule has 2 amide bonds. The van der Waals surface area contributed by atoms with Crippen molar-refractivity contribution in [3.8, 4) is 5.75 Å². The number of ether oxygens (including phenoxy) is 2. The Hall–Kier alpha value is -4.55. The number of likely N-dealkylation sites (N-methyl/N-ethyl adjacent to an activating group) is 1. The quantitative estimate of drug-likeness (QED) is 0.267. The summed E-state index contributed by atoms with van der Waals surface area (Å²) in [6.45, 7) is 0.0462. The van der Waals surface area contributed by atoms with E-state index in [1.54, 1.807) is 38.6 Å². The summed E-state index contributed by atoms with van der Waals surface area (Å²) in [5.74, 6) is 0.718. The van der Waals surface area contributed by atoms with Crippen molar-refractivity contribution in [1.82, 2.24) is 9.88 Å². The summed E-state index contributed by atoms with van der Waals surface area (Å²) in [6, 6.07) is 16.6. The lowest BCUT2D eigenvalue weighted by atomic mass is 9.99. The Balaban J connectivity index is 0.00000400. The molecule has 1 atom stereocenters. The fourth-order valence-corrected chi connectivity index (χ4v) is 7.36. The number of carbonyl (C=O) groups is 2. The molecule has 6 rings (SSSR count). The summed E-state index contributed by atoms with van der Waals surface area (Å²) in [4.78, 5) is 32.7. The zero-order chi connectivity index (χ0) is 31.0. The topological polar surface area (TPSA) is 153 Å². The van der Waals surface area contributed by atoms with Crippen LogP contribution in [0, 0.1) is 0 Å². The maximum Gasteiger partial charge on any atom is 0.411 e. The van der Waals surface area contributed by atoms with Gasteiger partial charge >= 0.3 is 6.09 Å². The van der Waals surface area contributed by atoms with Gasteiger partial charge < -0.3 is 25.4 Å². The minimum absolute atomic E-state index is 0. The molecule has 45 heavy (non-hydrogen) atoms. The van der Waals surface area contributed by atoms with Crippen LogP contribution in [0.1, 0.15) is 35.6 Å². The van der Waals surface area contributed by atoms with E-state index in [0.29, 0.717) is 53.3 Å². The van der Waals surface area contributed by atoms with Gasteiger partial charge in [0, 0.05) is 43.0 Å². The highest BCUT2D eigenvalue weighted by Crippen LogP contribution is 2.37. The zero-order valence-electron chi connectivity index (χ0n) is 24.8. The van der Waals surface area contributed by atoms with Gasteiger partial charge in [-0.15, -0.1) is 12.4 Å². The lowest BCUT2D eigenvalue weighted by molar-refractivity contribution is -0.131. The van der Waals surface area contributed by atoms with Crippen molar-refractivity contribution in [3.63, 3.8) is 0 Å². The van der Waals surface area contributed by atoms with Gasteiger partial charge in [-0.1, -0.05) is 6.07 Å². The number of pyridine rings is 1. The summed E-state index contributed by atoms with van der Waals surface area (Å²) in [6.07, 6.45) is 2.50. The number of nitrogen functional groups attached to an aromatic ring is 1. The van der Waals surface area contributed by atoms with Crippen LogP contribution in [-0.4, -0.2) is 56.3 Å². The van der Waals surface area contributed by atoms with Crippen LogP contribution >= 0.6 is 12.4 Å². The van der Waals surface area contributed by atoms with Crippen molar-refractivity contribution < 1.29 is 27.5 Å². The molecule has 4 aromatic rings. The number of rotatable bonds is 5. The largest absolute Gasteiger partial charge is 0.496 e. The summed E-state index contributed by atoms with van der Waals surface area (Å²) >= 11 is 0. The Kier molecular flexibility index (Phi) is 9.08. The molecule has 2 aliphatic rings. The molecule has 0 radical (unpaired) electrons. The number of aromatic nitrogens is 1. The number of sulfone groups is 1. The zero-order valence-corrected chi connectivity index (χ0v) is 26.4. The molecule has 1 saturated carbocycles. The molecule has 3 aromatic carbocycles. The number of carbonyl (C=O) groups excluding carboxylic acids is 2. The van der Waals surface area contributed by atoms with Crippen LogP contribution in [0.2, 0.25) is 0 Å². The first-order valence-corrected chi connectivity index (χ1v) is 15.8. The fourth-order valence-electron chi connectivity index (χ4n) is 5.50. The first-order valence-electron chi connectivity index (χ1n) is 14.3. The minimum Gasteiger partial charge on any atom is -0.496 e. The Morgan fingerprint density at radius 1 is 1.04 bits per heavy atom. The van der Waals surface area contributed by atoms with Crippen molar-refractivity contribution in [2.45, 2.75) is 42.0 Å². The maximum atomic E-state index is 14.3. The highest BCUT2D eigenvalue weighted by Gasteiger charge is 2.38. The standard InChI is InChI=1S/C32H33N5O6S.ClH/c1-37-18-22-17-24(5-10-28(22)44(40,41)25-6-7-25)36-32(39)43-14-12-20-15-21(3-9-27(20)42-2)29(31(37)38)35-23-4-8-26-19(16-23)11-13-34-30(26)33;/h3-5,8-11,13,15-17,25,29,35H,6-7,12,14,18H2,1-2H3,(H2,33,34)(H,36,39);1H/t29-;/m1./s1. The van der Waals surface area contributed by atoms with Gasteiger partial charge in [-0.25, -0.2) is 18.2 Å². The van der Waals surface area contributed by atoms with E-state index >= 15 is 0 Å². The smallest absolute Gasteiger partial charge is 0.411 e. The van der Waals surface area contributed by atoms with Gasteiger partial charge in [0.2, 0.25) is 5.91 Å². The first-order chi connectivity index (χ1) is 21.1. The Bertz CT molecular complexity index is 1880. The number of hydrogen-bond acceptors (Lipinski definition) is 9. The van der Waals surface area contributed by atoms with Crippen molar-refractivity contribution in [1.29, 1.82) is 0 Å². The molecular formula is C32H34ClN5O6S. The molecule has 4 bridgehead atoms. The van der Waals surface area contributed by atoms with E-state index in [4.69, 9.17) is 15.2 Å². The van der Waals surface area contributed by atoms with E-state index in [1.165, 1.54) is 11.0 Å². The van der Waals surface area contributed by atoms with E-state index in [1.807, 2.05) is 36.4 Å². The van der Waals surface area contributed by atoms with E-state index in [2.05, 4.69) is 15.6 Å². The van der Waals surface area contributed by atoms with Crippen molar-refractivity contribution in [2.24, 2.45) is 0 Å². The molecule has 1 aliphatic carbocycles. The number of halogens is 1. The van der Waals surface area contributed by atoms with Crippen LogP contribution in [0.25, 0.3) is 10.8 Å². The van der Waals surface area contributed by atoms with Gasteiger partial charge in [0.25, 0.3) is 0 Å². The minimum atomic E-state index is -3.59. The van der Waals surface area contributed by atoms with Crippen molar-refractivity contribution in [3.05, 3.63) is 83.6 Å². The molecule has 0 unspecified atom stereocenters. The summed E-state index contributed by atoms with van der Waals surface area (Å²) in [5, 5.41) is 7.28. The predicted molar refractivity (Wildman–Crippen MR) is 175 cm³/mol. The average Bonchev–Trinajstić information content (AvgIpc) is 3.86. The third-order valence-corrected chi connectivity index (χ3v) is 10.3.